The van der Waals surface area contributed by atoms with Gasteiger partial charge in [-0.1, -0.05) is 6.07 Å². The Labute approximate surface area is 186 Å². The van der Waals surface area contributed by atoms with Crippen LogP contribution in [0.2, 0.25) is 0 Å². The van der Waals surface area contributed by atoms with Crippen molar-refractivity contribution in [3.63, 3.8) is 0 Å². The van der Waals surface area contributed by atoms with E-state index < -0.39 is 0 Å². The summed E-state index contributed by atoms with van der Waals surface area (Å²) in [4.78, 5) is 25.7. The third-order valence-electron chi connectivity index (χ3n) is 5.25. The second-order valence-corrected chi connectivity index (χ2v) is 7.27. The van der Waals surface area contributed by atoms with E-state index in [9.17, 15) is 9.59 Å². The van der Waals surface area contributed by atoms with Gasteiger partial charge in [-0.3, -0.25) is 14.0 Å². The molecule has 3 aromatic rings. The minimum Gasteiger partial charge on any atom is -0.345 e. The van der Waals surface area contributed by atoms with E-state index in [1.807, 2.05) is 34.9 Å². The Morgan fingerprint density at radius 3 is 2.83 bits per heavy atom. The first-order valence-electron chi connectivity index (χ1n) is 9.61. The van der Waals surface area contributed by atoms with Gasteiger partial charge >= 0.3 is 0 Å². The molecule has 0 radical (unpaired) electrons. The Balaban J connectivity index is 0.00000160. The molecule has 1 unspecified atom stereocenters. The molecular formula is C20H26Cl2N6O2. The fourth-order valence-electron chi connectivity index (χ4n) is 3.70. The number of piperidine rings is 1. The molecule has 162 valence electrons. The number of nitrogens with zero attached hydrogens (tertiary/aromatic N) is 4. The number of carbonyl (C=O) groups is 1. The highest BCUT2D eigenvalue weighted by Crippen LogP contribution is 2.12. The first-order valence-corrected chi connectivity index (χ1v) is 9.61. The number of rotatable bonds is 5. The molecule has 1 fully saturated rings. The number of hydrogen-bond acceptors (Lipinski definition) is 5. The van der Waals surface area contributed by atoms with Gasteiger partial charge < -0.3 is 15.2 Å². The Hall–Kier alpha value is -2.42. The highest BCUT2D eigenvalue weighted by atomic mass is 35.5. The first-order chi connectivity index (χ1) is 13.6. The zero-order valence-electron chi connectivity index (χ0n) is 16.7. The summed E-state index contributed by atoms with van der Waals surface area (Å²) in [6, 6.07) is 7.43. The van der Waals surface area contributed by atoms with Crippen LogP contribution in [0.5, 0.6) is 0 Å². The maximum Gasteiger partial charge on any atom is 0.263 e. The molecule has 0 aliphatic carbocycles. The first kappa shape index (κ1) is 23.9. The Bertz CT molecular complexity index is 1060. The van der Waals surface area contributed by atoms with Crippen molar-refractivity contribution in [3.05, 3.63) is 64.0 Å². The van der Waals surface area contributed by atoms with Gasteiger partial charge in [-0.15, -0.1) is 35.0 Å². The van der Waals surface area contributed by atoms with Gasteiger partial charge in [0.05, 0.1) is 6.54 Å². The van der Waals surface area contributed by atoms with Crippen LogP contribution in [0.15, 0.2) is 41.5 Å². The minimum atomic E-state index is -0.383. The molecule has 1 saturated heterocycles. The van der Waals surface area contributed by atoms with Crippen molar-refractivity contribution in [1.82, 2.24) is 29.8 Å². The highest BCUT2D eigenvalue weighted by Gasteiger charge is 2.19. The van der Waals surface area contributed by atoms with E-state index >= 15 is 0 Å². The number of aryl methyl sites for hydroxylation is 1. The molecule has 1 aliphatic rings. The van der Waals surface area contributed by atoms with Gasteiger partial charge in [-0.25, -0.2) is 0 Å². The average molecular weight is 453 g/mol. The van der Waals surface area contributed by atoms with Crippen LogP contribution >= 0.6 is 24.8 Å². The smallest absolute Gasteiger partial charge is 0.263 e. The number of amides is 1. The fraction of sp³-hybridized carbons (Fsp3) is 0.400. The lowest BCUT2D eigenvalue weighted by Crippen LogP contribution is -2.38. The van der Waals surface area contributed by atoms with Gasteiger partial charge in [-0.2, -0.15) is 0 Å². The van der Waals surface area contributed by atoms with E-state index in [0.717, 1.165) is 25.9 Å². The summed E-state index contributed by atoms with van der Waals surface area (Å²) in [7, 11) is 0. The summed E-state index contributed by atoms with van der Waals surface area (Å²) in [6.07, 6.45) is 5.84. The quantitative estimate of drug-likeness (QED) is 0.616. The maximum atomic E-state index is 12.9. The van der Waals surface area contributed by atoms with E-state index in [-0.39, 0.29) is 48.4 Å². The van der Waals surface area contributed by atoms with E-state index in [1.54, 1.807) is 17.7 Å². The molecule has 4 heterocycles. The lowest BCUT2D eigenvalue weighted by atomic mass is 9.99. The standard InChI is InChI=1S/C20H24N6O2.2ClH/c1-14-7-10-25(13-15-5-4-8-21-11-15)20(28)18(14)19(27)22-12-17-24-23-16-6-2-3-9-26(16)17;;/h2-3,6-7,9-10,15,21H,4-5,8,11-13H2,1H3,(H,22,27);2*1H. The molecular weight excluding hydrogens is 427 g/mol. The van der Waals surface area contributed by atoms with Gasteiger partial charge in [0.15, 0.2) is 11.5 Å². The van der Waals surface area contributed by atoms with Crippen molar-refractivity contribution in [2.24, 2.45) is 5.92 Å². The van der Waals surface area contributed by atoms with Crippen LogP contribution in [0.25, 0.3) is 5.65 Å². The SMILES string of the molecule is Cc1ccn(CC2CCCNC2)c(=O)c1C(=O)NCc1nnc2ccccn12.Cl.Cl. The van der Waals surface area contributed by atoms with Crippen LogP contribution in [-0.2, 0) is 13.1 Å². The maximum absolute atomic E-state index is 12.9. The van der Waals surface area contributed by atoms with Crippen LogP contribution in [0, 0.1) is 12.8 Å². The molecule has 10 heteroatoms. The summed E-state index contributed by atoms with van der Waals surface area (Å²) in [5.74, 6) is 0.643. The van der Waals surface area contributed by atoms with E-state index in [1.165, 1.54) is 0 Å². The molecule has 0 saturated carbocycles. The van der Waals surface area contributed by atoms with E-state index in [0.29, 0.717) is 29.5 Å². The molecule has 8 nitrogen and oxygen atoms in total. The van der Waals surface area contributed by atoms with Crippen LogP contribution < -0.4 is 16.2 Å². The molecule has 4 rings (SSSR count). The number of pyridine rings is 2. The third kappa shape index (κ3) is 5.00. The molecule has 2 N–H and O–H groups in total. The molecule has 1 atom stereocenters. The second-order valence-electron chi connectivity index (χ2n) is 7.27. The number of halogens is 2. The molecule has 30 heavy (non-hydrogen) atoms. The molecule has 0 spiro atoms. The summed E-state index contributed by atoms with van der Waals surface area (Å²) >= 11 is 0. The normalized spacial score (nSPS) is 15.8. The second kappa shape index (κ2) is 10.6. The molecule has 1 amide bonds. The fourth-order valence-corrected chi connectivity index (χ4v) is 3.70. The molecule has 3 aromatic heterocycles. The molecule has 0 aromatic carbocycles. The van der Waals surface area contributed by atoms with Crippen molar-refractivity contribution < 1.29 is 4.79 Å². The topological polar surface area (TPSA) is 93.3 Å². The van der Waals surface area contributed by atoms with Crippen LogP contribution in [-0.4, -0.2) is 38.2 Å². The number of nitrogens with one attached hydrogen (secondary N) is 2. The molecule has 1 aliphatic heterocycles. The Morgan fingerprint density at radius 2 is 2.07 bits per heavy atom. The number of hydrogen-bond donors (Lipinski definition) is 2. The van der Waals surface area contributed by atoms with Crippen molar-refractivity contribution in [1.29, 1.82) is 0 Å². The van der Waals surface area contributed by atoms with E-state index in [2.05, 4.69) is 20.8 Å². The van der Waals surface area contributed by atoms with Crippen molar-refractivity contribution in [2.75, 3.05) is 13.1 Å². The summed E-state index contributed by atoms with van der Waals surface area (Å²) in [6.45, 7) is 4.55. The monoisotopic (exact) mass is 452 g/mol. The van der Waals surface area contributed by atoms with Crippen LogP contribution in [0.1, 0.15) is 34.6 Å². The number of aromatic nitrogens is 4. The summed E-state index contributed by atoms with van der Waals surface area (Å²) < 4.78 is 3.47. The zero-order valence-corrected chi connectivity index (χ0v) is 18.3. The predicted octanol–water partition coefficient (Wildman–Crippen LogP) is 1.97. The zero-order chi connectivity index (χ0) is 19.5. The summed E-state index contributed by atoms with van der Waals surface area (Å²) in [5.41, 5.74) is 1.34. The van der Waals surface area contributed by atoms with E-state index in [4.69, 9.17) is 0 Å². The van der Waals surface area contributed by atoms with Crippen LogP contribution in [0.3, 0.4) is 0 Å². The Kier molecular flexibility index (Phi) is 8.40. The van der Waals surface area contributed by atoms with Gasteiger partial charge in [0.2, 0.25) is 0 Å². The lowest BCUT2D eigenvalue weighted by molar-refractivity contribution is 0.0946. The van der Waals surface area contributed by atoms with Gasteiger partial charge in [-0.05, 0) is 62.5 Å². The van der Waals surface area contributed by atoms with Crippen molar-refractivity contribution >= 4 is 36.4 Å². The highest BCUT2D eigenvalue weighted by molar-refractivity contribution is 5.95. The Morgan fingerprint density at radius 1 is 1.23 bits per heavy atom. The van der Waals surface area contributed by atoms with Gasteiger partial charge in [0, 0.05) is 18.9 Å². The number of fused-ring (bicyclic) bond motifs is 1. The minimum absolute atomic E-state index is 0. The predicted molar refractivity (Wildman–Crippen MR) is 120 cm³/mol. The average Bonchev–Trinajstić information content (AvgIpc) is 3.13. The van der Waals surface area contributed by atoms with Crippen LogP contribution in [0.4, 0.5) is 0 Å². The molecule has 0 bridgehead atoms. The van der Waals surface area contributed by atoms with Crippen molar-refractivity contribution in [3.8, 4) is 0 Å². The lowest BCUT2D eigenvalue weighted by Gasteiger charge is -2.23. The van der Waals surface area contributed by atoms with Crippen molar-refractivity contribution in [2.45, 2.75) is 32.9 Å². The third-order valence-corrected chi connectivity index (χ3v) is 5.25. The summed E-state index contributed by atoms with van der Waals surface area (Å²) in [5, 5.41) is 14.4. The van der Waals surface area contributed by atoms with Gasteiger partial charge in [0.1, 0.15) is 5.56 Å². The van der Waals surface area contributed by atoms with Gasteiger partial charge in [0.25, 0.3) is 11.5 Å². The largest absolute Gasteiger partial charge is 0.345 e. The number of carbonyl (C=O) groups excluding carboxylic acids is 1.